The molecule has 1 aliphatic carbocycles. The van der Waals surface area contributed by atoms with Crippen molar-refractivity contribution in [1.82, 2.24) is 15.0 Å². The lowest BCUT2D eigenvalue weighted by Crippen LogP contribution is -2.50. The van der Waals surface area contributed by atoms with Gasteiger partial charge in [-0.1, -0.05) is 65.8 Å². The van der Waals surface area contributed by atoms with Crippen molar-refractivity contribution in [3.05, 3.63) is 107 Å². The summed E-state index contributed by atoms with van der Waals surface area (Å²) in [5, 5.41) is 4.25. The highest BCUT2D eigenvalue weighted by Crippen LogP contribution is 2.37. The second-order valence-corrected chi connectivity index (χ2v) is 9.41. The number of amides is 1. The predicted octanol–water partition coefficient (Wildman–Crippen LogP) is 5.00. The van der Waals surface area contributed by atoms with Gasteiger partial charge in [0.2, 0.25) is 0 Å². The monoisotopic (exact) mass is 479 g/mol. The number of fused-ring (bicyclic) bond motifs is 3. The predicted molar refractivity (Wildman–Crippen MR) is 138 cm³/mol. The molecule has 36 heavy (non-hydrogen) atoms. The van der Waals surface area contributed by atoms with Crippen LogP contribution in [0.15, 0.2) is 83.4 Å². The maximum Gasteiger partial charge on any atom is 0.276 e. The molecular weight excluding hydrogens is 450 g/mol. The van der Waals surface area contributed by atoms with Crippen molar-refractivity contribution >= 4 is 5.91 Å². The zero-order chi connectivity index (χ0) is 24.5. The van der Waals surface area contributed by atoms with Crippen LogP contribution in [0.25, 0.3) is 11.3 Å². The van der Waals surface area contributed by atoms with E-state index in [0.717, 1.165) is 42.8 Å². The van der Waals surface area contributed by atoms with Gasteiger partial charge in [-0.05, 0) is 47.7 Å². The Bertz CT molecular complexity index is 1320. The van der Waals surface area contributed by atoms with E-state index in [9.17, 15) is 4.79 Å². The Kier molecular flexibility index (Phi) is 6.03. The Labute approximate surface area is 211 Å². The van der Waals surface area contributed by atoms with Crippen molar-refractivity contribution in [3.8, 4) is 17.1 Å². The number of methoxy groups -OCH3 is 1. The lowest BCUT2D eigenvalue weighted by molar-refractivity contribution is 0.0587. The van der Waals surface area contributed by atoms with Crippen LogP contribution >= 0.6 is 0 Å². The minimum absolute atomic E-state index is 0.0346. The first-order chi connectivity index (χ1) is 17.7. The minimum atomic E-state index is -0.0346. The topological polar surface area (TPSA) is 58.8 Å². The molecule has 2 aliphatic rings. The molecule has 0 unspecified atom stereocenters. The molecule has 2 heterocycles. The van der Waals surface area contributed by atoms with E-state index < -0.39 is 0 Å². The quantitative estimate of drug-likeness (QED) is 0.403. The van der Waals surface area contributed by atoms with Gasteiger partial charge in [0.25, 0.3) is 5.91 Å². The zero-order valence-corrected chi connectivity index (χ0v) is 20.4. The number of nitrogens with zero attached hydrogens (tertiary/aromatic N) is 3. The molecule has 0 radical (unpaired) electrons. The number of hydrogen-bond acceptors (Lipinski definition) is 5. The van der Waals surface area contributed by atoms with E-state index in [0.29, 0.717) is 24.5 Å². The lowest BCUT2D eigenvalue weighted by Gasteiger charge is -2.39. The summed E-state index contributed by atoms with van der Waals surface area (Å²) in [5.74, 6) is 1.51. The smallest absolute Gasteiger partial charge is 0.276 e. The van der Waals surface area contributed by atoms with Crippen molar-refractivity contribution < 1.29 is 14.1 Å². The number of aryl methyl sites for hydroxylation is 1. The molecule has 6 nitrogen and oxygen atoms in total. The van der Waals surface area contributed by atoms with E-state index in [1.807, 2.05) is 23.1 Å². The molecule has 1 amide bonds. The van der Waals surface area contributed by atoms with Crippen LogP contribution in [0.2, 0.25) is 0 Å². The number of piperazine rings is 1. The Morgan fingerprint density at radius 1 is 0.889 bits per heavy atom. The van der Waals surface area contributed by atoms with Gasteiger partial charge in [0.15, 0.2) is 11.5 Å². The molecule has 1 aromatic heterocycles. The summed E-state index contributed by atoms with van der Waals surface area (Å²) in [6.45, 7) is 2.90. The first-order valence-corrected chi connectivity index (χ1v) is 12.5. The van der Waals surface area contributed by atoms with Crippen molar-refractivity contribution in [3.63, 3.8) is 0 Å². The van der Waals surface area contributed by atoms with Crippen LogP contribution in [0.3, 0.4) is 0 Å². The number of carbonyl (C=O) groups is 1. The fourth-order valence-corrected chi connectivity index (χ4v) is 5.52. The molecule has 6 rings (SSSR count). The third-order valence-corrected chi connectivity index (χ3v) is 7.39. The van der Waals surface area contributed by atoms with Crippen molar-refractivity contribution in [1.29, 1.82) is 0 Å². The number of benzene rings is 3. The number of aromatic nitrogens is 1. The molecule has 1 fully saturated rings. The molecule has 0 bridgehead atoms. The molecule has 3 aromatic carbocycles. The third kappa shape index (κ3) is 4.07. The maximum atomic E-state index is 13.5. The first kappa shape index (κ1) is 22.6. The molecule has 0 N–H and O–H groups in total. The molecule has 4 aromatic rings. The van der Waals surface area contributed by atoms with Crippen LogP contribution in [-0.2, 0) is 12.8 Å². The van der Waals surface area contributed by atoms with Gasteiger partial charge in [-0.15, -0.1) is 0 Å². The van der Waals surface area contributed by atoms with Gasteiger partial charge < -0.3 is 14.2 Å². The summed E-state index contributed by atoms with van der Waals surface area (Å²) in [6, 6.07) is 27.3. The SMILES string of the molecule is COc1ccc2c(c1)CCc1c(C(=O)N3CCN(C(c4ccccc4)c4ccccc4)CC3)noc1-2. The van der Waals surface area contributed by atoms with Crippen molar-refractivity contribution in [2.75, 3.05) is 33.3 Å². The Balaban J connectivity index is 1.20. The van der Waals surface area contributed by atoms with E-state index >= 15 is 0 Å². The van der Waals surface area contributed by atoms with Crippen LogP contribution in [0.1, 0.15) is 38.8 Å². The van der Waals surface area contributed by atoms with E-state index in [1.165, 1.54) is 16.7 Å². The van der Waals surface area contributed by atoms with E-state index in [1.54, 1.807) is 7.11 Å². The molecule has 0 saturated carbocycles. The maximum absolute atomic E-state index is 13.5. The fraction of sp³-hybridized carbons (Fsp3) is 0.267. The second-order valence-electron chi connectivity index (χ2n) is 9.41. The number of ether oxygens (including phenoxy) is 1. The van der Waals surface area contributed by atoms with E-state index in [2.05, 4.69) is 70.7 Å². The van der Waals surface area contributed by atoms with Gasteiger partial charge in [-0.25, -0.2) is 0 Å². The Morgan fingerprint density at radius 2 is 1.56 bits per heavy atom. The van der Waals surface area contributed by atoms with Crippen LogP contribution in [0.4, 0.5) is 0 Å². The largest absolute Gasteiger partial charge is 0.497 e. The molecule has 6 heteroatoms. The Hall–Kier alpha value is -3.90. The van der Waals surface area contributed by atoms with E-state index in [4.69, 9.17) is 9.26 Å². The summed E-state index contributed by atoms with van der Waals surface area (Å²) in [4.78, 5) is 17.9. The number of hydrogen-bond donors (Lipinski definition) is 0. The highest BCUT2D eigenvalue weighted by atomic mass is 16.5. The third-order valence-electron chi connectivity index (χ3n) is 7.39. The average molecular weight is 480 g/mol. The van der Waals surface area contributed by atoms with Crippen LogP contribution in [0.5, 0.6) is 5.75 Å². The van der Waals surface area contributed by atoms with Crippen molar-refractivity contribution in [2.45, 2.75) is 18.9 Å². The number of carbonyl (C=O) groups excluding carboxylic acids is 1. The highest BCUT2D eigenvalue weighted by Gasteiger charge is 2.33. The van der Waals surface area contributed by atoms with Gasteiger partial charge in [0, 0.05) is 37.3 Å². The van der Waals surface area contributed by atoms with Gasteiger partial charge in [0.1, 0.15) is 5.75 Å². The standard InChI is InChI=1S/C30H29N3O3/c1-35-24-13-15-25-23(20-24)12-14-26-27(31-36-29(25)26)30(34)33-18-16-32(17-19-33)28(21-8-4-2-5-9-21)22-10-6-3-7-11-22/h2-11,13,15,20,28H,12,14,16-19H2,1H3. The average Bonchev–Trinajstić information content (AvgIpc) is 3.39. The molecule has 1 aliphatic heterocycles. The molecular formula is C30H29N3O3. The first-order valence-electron chi connectivity index (χ1n) is 12.5. The van der Waals surface area contributed by atoms with Gasteiger partial charge >= 0.3 is 0 Å². The van der Waals surface area contributed by atoms with Crippen LogP contribution in [0, 0.1) is 0 Å². The molecule has 0 spiro atoms. The van der Waals surface area contributed by atoms with Crippen LogP contribution < -0.4 is 4.74 Å². The number of rotatable bonds is 5. The summed E-state index contributed by atoms with van der Waals surface area (Å²) in [5.41, 5.74) is 6.09. The lowest BCUT2D eigenvalue weighted by atomic mass is 9.89. The van der Waals surface area contributed by atoms with Crippen LogP contribution in [-0.4, -0.2) is 54.2 Å². The fourth-order valence-electron chi connectivity index (χ4n) is 5.52. The second kappa shape index (κ2) is 9.63. The van der Waals surface area contributed by atoms with Gasteiger partial charge in [-0.3, -0.25) is 9.69 Å². The molecule has 182 valence electrons. The Morgan fingerprint density at radius 3 is 2.19 bits per heavy atom. The van der Waals surface area contributed by atoms with E-state index in [-0.39, 0.29) is 11.9 Å². The summed E-state index contributed by atoms with van der Waals surface area (Å²) in [6.07, 6.45) is 1.58. The molecule has 0 atom stereocenters. The highest BCUT2D eigenvalue weighted by molar-refractivity contribution is 5.95. The summed E-state index contributed by atoms with van der Waals surface area (Å²) >= 11 is 0. The summed E-state index contributed by atoms with van der Waals surface area (Å²) < 4.78 is 11.1. The van der Waals surface area contributed by atoms with Crippen molar-refractivity contribution in [2.24, 2.45) is 0 Å². The minimum Gasteiger partial charge on any atom is -0.497 e. The zero-order valence-electron chi connectivity index (χ0n) is 20.4. The molecule has 1 saturated heterocycles. The normalized spacial score (nSPS) is 15.4. The van der Waals surface area contributed by atoms with Gasteiger partial charge in [-0.2, -0.15) is 0 Å². The van der Waals surface area contributed by atoms with Gasteiger partial charge in [0.05, 0.1) is 13.2 Å². The summed E-state index contributed by atoms with van der Waals surface area (Å²) in [7, 11) is 1.67.